The second kappa shape index (κ2) is 7.59. The summed E-state index contributed by atoms with van der Waals surface area (Å²) in [6.07, 6.45) is 3.98. The van der Waals surface area contributed by atoms with E-state index in [-0.39, 0.29) is 0 Å². The van der Waals surface area contributed by atoms with Gasteiger partial charge in [-0.15, -0.1) is 6.58 Å². The maximum absolute atomic E-state index is 6.29. The molecule has 0 saturated carbocycles. The fraction of sp³-hybridized carbons (Fsp3) is 0.529. The van der Waals surface area contributed by atoms with Crippen LogP contribution in [-0.4, -0.2) is 6.61 Å². The maximum Gasteiger partial charge on any atom is 0.126 e. The van der Waals surface area contributed by atoms with E-state index >= 15 is 0 Å². The van der Waals surface area contributed by atoms with E-state index in [1.54, 1.807) is 0 Å². The van der Waals surface area contributed by atoms with E-state index in [0.717, 1.165) is 23.6 Å². The van der Waals surface area contributed by atoms with Crippen LogP contribution >= 0.6 is 11.6 Å². The van der Waals surface area contributed by atoms with Crippen molar-refractivity contribution in [2.45, 2.75) is 52.4 Å². The van der Waals surface area contributed by atoms with Gasteiger partial charge in [0.15, 0.2) is 0 Å². The van der Waals surface area contributed by atoms with Gasteiger partial charge in [-0.2, -0.15) is 0 Å². The minimum atomic E-state index is 0.403. The zero-order chi connectivity index (χ0) is 14.4. The molecule has 1 unspecified atom stereocenters. The summed E-state index contributed by atoms with van der Waals surface area (Å²) in [6.45, 7) is 13.1. The summed E-state index contributed by atoms with van der Waals surface area (Å²) in [4.78, 5) is 0. The molecule has 0 fully saturated rings. The highest BCUT2D eigenvalue weighted by Crippen LogP contribution is 2.39. The number of hydrogen-bond donors (Lipinski definition) is 0. The highest BCUT2D eigenvalue weighted by atomic mass is 35.5. The van der Waals surface area contributed by atoms with Gasteiger partial charge in [0.05, 0.1) is 6.61 Å². The summed E-state index contributed by atoms with van der Waals surface area (Å²) in [5.74, 6) is 1.85. The topological polar surface area (TPSA) is 9.23 Å². The molecule has 1 aromatic rings. The molecule has 1 nitrogen and oxygen atoms in total. The summed E-state index contributed by atoms with van der Waals surface area (Å²) in [6, 6.07) is 4.08. The molecule has 0 bridgehead atoms. The molecule has 0 radical (unpaired) electrons. The maximum atomic E-state index is 6.29. The molecule has 0 saturated heterocycles. The molecule has 2 heteroatoms. The Morgan fingerprint density at radius 2 is 1.89 bits per heavy atom. The lowest BCUT2D eigenvalue weighted by Gasteiger charge is -2.22. The Kier molecular flexibility index (Phi) is 6.44. The molecule has 1 atom stereocenters. The van der Waals surface area contributed by atoms with Crippen LogP contribution in [-0.2, 0) is 0 Å². The van der Waals surface area contributed by atoms with Gasteiger partial charge in [0.2, 0.25) is 0 Å². The van der Waals surface area contributed by atoms with Crippen LogP contribution in [0.1, 0.15) is 63.5 Å². The molecule has 0 aliphatic carbocycles. The van der Waals surface area contributed by atoms with Crippen LogP contribution in [0.5, 0.6) is 5.75 Å². The van der Waals surface area contributed by atoms with Crippen molar-refractivity contribution in [3.05, 3.63) is 40.9 Å². The highest BCUT2D eigenvalue weighted by molar-refractivity contribution is 6.30. The first-order chi connectivity index (χ1) is 9.04. The third kappa shape index (κ3) is 4.01. The van der Waals surface area contributed by atoms with Crippen molar-refractivity contribution < 1.29 is 4.74 Å². The van der Waals surface area contributed by atoms with E-state index < -0.39 is 0 Å². The van der Waals surface area contributed by atoms with Gasteiger partial charge >= 0.3 is 0 Å². The Labute approximate surface area is 122 Å². The SMILES string of the molecule is C=CCC(CC)c1cc(Cl)cc(C(C)C)c1OCC. The molecule has 0 aromatic heterocycles. The summed E-state index contributed by atoms with van der Waals surface area (Å²) in [5, 5.41) is 0.796. The highest BCUT2D eigenvalue weighted by Gasteiger charge is 2.19. The molecule has 1 rings (SSSR count). The van der Waals surface area contributed by atoms with E-state index in [2.05, 4.69) is 33.4 Å². The first-order valence-corrected chi connectivity index (χ1v) is 7.49. The average molecular weight is 281 g/mol. The Bertz CT molecular complexity index is 424. The van der Waals surface area contributed by atoms with Gasteiger partial charge in [-0.1, -0.05) is 38.4 Å². The summed E-state index contributed by atoms with van der Waals surface area (Å²) < 4.78 is 5.92. The molecule has 19 heavy (non-hydrogen) atoms. The third-order valence-corrected chi connectivity index (χ3v) is 3.62. The van der Waals surface area contributed by atoms with Gasteiger partial charge in [-0.25, -0.2) is 0 Å². The Morgan fingerprint density at radius 1 is 1.26 bits per heavy atom. The molecular weight excluding hydrogens is 256 g/mol. The van der Waals surface area contributed by atoms with Gasteiger partial charge in [0.1, 0.15) is 5.75 Å². The predicted molar refractivity (Wildman–Crippen MR) is 84.6 cm³/mol. The van der Waals surface area contributed by atoms with Crippen molar-refractivity contribution in [2.75, 3.05) is 6.61 Å². The molecule has 0 aliphatic rings. The quantitative estimate of drug-likeness (QED) is 0.562. The predicted octanol–water partition coefficient (Wildman–Crippen LogP) is 5.93. The summed E-state index contributed by atoms with van der Waals surface area (Å²) in [5.41, 5.74) is 2.42. The van der Waals surface area contributed by atoms with Crippen LogP contribution in [0.15, 0.2) is 24.8 Å². The van der Waals surface area contributed by atoms with E-state index in [1.165, 1.54) is 11.1 Å². The Balaban J connectivity index is 3.37. The third-order valence-electron chi connectivity index (χ3n) is 3.41. The van der Waals surface area contributed by atoms with E-state index in [0.29, 0.717) is 18.4 Å². The normalized spacial score (nSPS) is 12.5. The van der Waals surface area contributed by atoms with Gasteiger partial charge in [-0.05, 0) is 54.9 Å². The van der Waals surface area contributed by atoms with Gasteiger partial charge in [0.25, 0.3) is 0 Å². The molecule has 0 N–H and O–H groups in total. The van der Waals surface area contributed by atoms with Gasteiger partial charge in [0, 0.05) is 5.02 Å². The van der Waals surface area contributed by atoms with E-state index in [4.69, 9.17) is 16.3 Å². The minimum Gasteiger partial charge on any atom is -0.493 e. The first kappa shape index (κ1) is 16.1. The Morgan fingerprint density at radius 3 is 2.37 bits per heavy atom. The molecule has 0 spiro atoms. The monoisotopic (exact) mass is 280 g/mol. The summed E-state index contributed by atoms with van der Waals surface area (Å²) in [7, 11) is 0. The van der Waals surface area contributed by atoms with Crippen molar-refractivity contribution >= 4 is 11.6 Å². The molecule has 0 aliphatic heterocycles. The second-order valence-corrected chi connectivity index (χ2v) is 5.57. The van der Waals surface area contributed by atoms with Crippen molar-refractivity contribution in [3.8, 4) is 5.75 Å². The van der Waals surface area contributed by atoms with E-state index in [1.807, 2.05) is 19.1 Å². The van der Waals surface area contributed by atoms with Crippen molar-refractivity contribution in [1.82, 2.24) is 0 Å². The number of allylic oxidation sites excluding steroid dienone is 1. The largest absolute Gasteiger partial charge is 0.493 e. The van der Waals surface area contributed by atoms with Gasteiger partial charge in [-0.3, -0.25) is 0 Å². The smallest absolute Gasteiger partial charge is 0.126 e. The van der Waals surface area contributed by atoms with Crippen molar-refractivity contribution in [1.29, 1.82) is 0 Å². The zero-order valence-corrected chi connectivity index (χ0v) is 13.3. The number of benzene rings is 1. The molecule has 0 heterocycles. The number of ether oxygens (including phenoxy) is 1. The lowest BCUT2D eigenvalue weighted by molar-refractivity contribution is 0.328. The fourth-order valence-corrected chi connectivity index (χ4v) is 2.63. The van der Waals surface area contributed by atoms with Crippen LogP contribution in [0.2, 0.25) is 5.02 Å². The number of hydrogen-bond acceptors (Lipinski definition) is 1. The average Bonchev–Trinajstić information content (AvgIpc) is 2.37. The van der Waals surface area contributed by atoms with E-state index in [9.17, 15) is 0 Å². The number of halogens is 1. The minimum absolute atomic E-state index is 0.403. The first-order valence-electron chi connectivity index (χ1n) is 7.12. The van der Waals surface area contributed by atoms with Crippen LogP contribution in [0, 0.1) is 0 Å². The lowest BCUT2D eigenvalue weighted by Crippen LogP contribution is -2.06. The molecule has 0 amide bonds. The van der Waals surface area contributed by atoms with Crippen LogP contribution < -0.4 is 4.74 Å². The van der Waals surface area contributed by atoms with Crippen LogP contribution in [0.25, 0.3) is 0 Å². The van der Waals surface area contributed by atoms with Crippen molar-refractivity contribution in [2.24, 2.45) is 0 Å². The van der Waals surface area contributed by atoms with Crippen LogP contribution in [0.4, 0.5) is 0 Å². The zero-order valence-electron chi connectivity index (χ0n) is 12.5. The molecular formula is C17H25ClO. The molecule has 1 aromatic carbocycles. The summed E-state index contributed by atoms with van der Waals surface area (Å²) >= 11 is 6.29. The van der Waals surface area contributed by atoms with Crippen LogP contribution in [0.3, 0.4) is 0 Å². The van der Waals surface area contributed by atoms with Crippen molar-refractivity contribution in [3.63, 3.8) is 0 Å². The lowest BCUT2D eigenvalue weighted by atomic mass is 9.88. The second-order valence-electron chi connectivity index (χ2n) is 5.13. The number of rotatable bonds is 7. The fourth-order valence-electron chi connectivity index (χ4n) is 2.39. The van der Waals surface area contributed by atoms with Gasteiger partial charge < -0.3 is 4.74 Å². The Hall–Kier alpha value is -0.950. The standard InChI is InChI=1S/C17H25ClO/c1-6-9-13(7-2)16-11-14(18)10-15(12(4)5)17(16)19-8-3/h6,10-13H,1,7-9H2,2-5H3. The molecule has 106 valence electrons.